The number of hydrogen-bond donors (Lipinski definition) is 0. The number of fused-ring (bicyclic) bond motifs is 2. The number of carbonyl (C=O) groups excluding carboxylic acids is 1. The standard InChI is InChI=1S/C18H18N2O3/c21-16-7-3-4-9-19(16)11-17(22)20-10-8-18(12-20)13-23-15-6-2-1-5-14(15)18/h1-7,9H,8,10-13H2. The topological polar surface area (TPSA) is 51.5 Å². The van der Waals surface area contributed by atoms with Crippen LogP contribution < -0.4 is 10.3 Å². The second kappa shape index (κ2) is 5.26. The minimum absolute atomic E-state index is 0.0143. The molecule has 1 aromatic carbocycles. The van der Waals surface area contributed by atoms with Crippen LogP contribution in [0.15, 0.2) is 53.5 Å². The first-order chi connectivity index (χ1) is 11.2. The van der Waals surface area contributed by atoms with Gasteiger partial charge in [0, 0.05) is 30.9 Å². The van der Waals surface area contributed by atoms with Gasteiger partial charge in [-0.15, -0.1) is 0 Å². The van der Waals surface area contributed by atoms with Crippen LogP contribution >= 0.6 is 0 Å². The molecule has 1 amide bonds. The highest BCUT2D eigenvalue weighted by molar-refractivity contribution is 5.76. The summed E-state index contributed by atoms with van der Waals surface area (Å²) in [5.74, 6) is 0.917. The van der Waals surface area contributed by atoms with Crippen molar-refractivity contribution in [3.05, 3.63) is 64.6 Å². The van der Waals surface area contributed by atoms with Crippen LogP contribution in [0.25, 0.3) is 0 Å². The van der Waals surface area contributed by atoms with Crippen LogP contribution in [0.2, 0.25) is 0 Å². The van der Waals surface area contributed by atoms with E-state index in [1.54, 1.807) is 18.3 Å². The van der Waals surface area contributed by atoms with Crippen LogP contribution in [-0.2, 0) is 16.8 Å². The fraction of sp³-hybridized carbons (Fsp3) is 0.333. The Morgan fingerprint density at radius 2 is 2.00 bits per heavy atom. The van der Waals surface area contributed by atoms with Gasteiger partial charge in [0.15, 0.2) is 0 Å². The quantitative estimate of drug-likeness (QED) is 0.843. The van der Waals surface area contributed by atoms with Gasteiger partial charge in [-0.2, -0.15) is 0 Å². The van der Waals surface area contributed by atoms with Gasteiger partial charge in [0.2, 0.25) is 5.91 Å². The Morgan fingerprint density at radius 3 is 2.87 bits per heavy atom. The van der Waals surface area contributed by atoms with Crippen molar-refractivity contribution in [2.75, 3.05) is 19.7 Å². The molecule has 2 aromatic rings. The number of para-hydroxylation sites is 1. The summed E-state index contributed by atoms with van der Waals surface area (Å²) in [6.45, 7) is 2.09. The molecule has 1 unspecified atom stereocenters. The lowest BCUT2D eigenvalue weighted by atomic mass is 9.82. The van der Waals surface area contributed by atoms with E-state index in [1.807, 2.05) is 23.1 Å². The second-order valence-corrected chi connectivity index (χ2v) is 6.30. The Balaban J connectivity index is 1.52. The van der Waals surface area contributed by atoms with E-state index >= 15 is 0 Å². The van der Waals surface area contributed by atoms with Crippen LogP contribution in [0.5, 0.6) is 5.75 Å². The molecular weight excluding hydrogens is 292 g/mol. The first-order valence-corrected chi connectivity index (χ1v) is 7.84. The van der Waals surface area contributed by atoms with Crippen molar-refractivity contribution in [3.63, 3.8) is 0 Å². The van der Waals surface area contributed by atoms with Crippen LogP contribution in [0.3, 0.4) is 0 Å². The first-order valence-electron chi connectivity index (χ1n) is 7.84. The largest absolute Gasteiger partial charge is 0.492 e. The predicted molar refractivity (Wildman–Crippen MR) is 85.5 cm³/mol. The number of ether oxygens (including phenoxy) is 1. The van der Waals surface area contributed by atoms with Crippen LogP contribution in [0.4, 0.5) is 0 Å². The zero-order valence-electron chi connectivity index (χ0n) is 12.8. The summed E-state index contributed by atoms with van der Waals surface area (Å²) in [5.41, 5.74) is 0.963. The highest BCUT2D eigenvalue weighted by atomic mass is 16.5. The first kappa shape index (κ1) is 14.1. The zero-order chi connectivity index (χ0) is 15.9. The Hall–Kier alpha value is -2.56. The number of hydrogen-bond acceptors (Lipinski definition) is 3. The average molecular weight is 310 g/mol. The number of benzene rings is 1. The number of likely N-dealkylation sites (tertiary alicyclic amines) is 1. The average Bonchev–Trinajstić information content (AvgIpc) is 3.16. The summed E-state index contributed by atoms with van der Waals surface area (Å²) < 4.78 is 7.26. The maximum absolute atomic E-state index is 12.5. The molecule has 1 spiro atoms. The second-order valence-electron chi connectivity index (χ2n) is 6.30. The van der Waals surface area contributed by atoms with E-state index in [1.165, 1.54) is 16.2 Å². The van der Waals surface area contributed by atoms with Gasteiger partial charge in [-0.05, 0) is 18.6 Å². The van der Waals surface area contributed by atoms with E-state index in [0.717, 1.165) is 12.2 Å². The Kier molecular flexibility index (Phi) is 3.22. The molecular formula is C18H18N2O3. The highest BCUT2D eigenvalue weighted by Crippen LogP contribution is 2.44. The minimum Gasteiger partial charge on any atom is -0.492 e. The van der Waals surface area contributed by atoms with Crippen LogP contribution in [0, 0.1) is 0 Å². The maximum Gasteiger partial charge on any atom is 0.250 e. The molecule has 5 heteroatoms. The van der Waals surface area contributed by atoms with Crippen LogP contribution in [0.1, 0.15) is 12.0 Å². The molecule has 1 atom stereocenters. The Labute approximate surface area is 134 Å². The normalized spacial score (nSPS) is 22.2. The minimum atomic E-state index is -0.149. The SMILES string of the molecule is O=C(Cn1ccccc1=O)N1CCC2(COc3ccccc32)C1. The number of carbonyl (C=O) groups is 1. The number of nitrogens with zero attached hydrogens (tertiary/aromatic N) is 2. The van der Waals surface area contributed by atoms with Gasteiger partial charge in [0.1, 0.15) is 12.3 Å². The van der Waals surface area contributed by atoms with Crippen molar-refractivity contribution in [2.24, 2.45) is 0 Å². The van der Waals surface area contributed by atoms with E-state index in [9.17, 15) is 9.59 Å². The molecule has 0 N–H and O–H groups in total. The third-order valence-electron chi connectivity index (χ3n) is 4.87. The van der Waals surface area contributed by atoms with E-state index in [0.29, 0.717) is 19.7 Å². The smallest absolute Gasteiger partial charge is 0.250 e. The molecule has 2 aliphatic rings. The maximum atomic E-state index is 12.5. The molecule has 1 fully saturated rings. The van der Waals surface area contributed by atoms with Gasteiger partial charge >= 0.3 is 0 Å². The van der Waals surface area contributed by atoms with Crippen molar-refractivity contribution in [2.45, 2.75) is 18.4 Å². The fourth-order valence-corrected chi connectivity index (χ4v) is 3.58. The predicted octanol–water partition coefficient (Wildman–Crippen LogP) is 1.41. The van der Waals surface area contributed by atoms with Crippen molar-refractivity contribution >= 4 is 5.91 Å². The molecule has 0 aliphatic carbocycles. The summed E-state index contributed by atoms with van der Waals surface area (Å²) in [6.07, 6.45) is 2.56. The summed E-state index contributed by atoms with van der Waals surface area (Å²) in [6, 6.07) is 13.0. The monoisotopic (exact) mass is 310 g/mol. The molecule has 3 heterocycles. The van der Waals surface area contributed by atoms with Crippen LogP contribution in [-0.4, -0.2) is 35.1 Å². The number of aromatic nitrogens is 1. The number of pyridine rings is 1. The summed E-state index contributed by atoms with van der Waals surface area (Å²) in [5, 5.41) is 0. The van der Waals surface area contributed by atoms with Crippen molar-refractivity contribution < 1.29 is 9.53 Å². The lowest BCUT2D eigenvalue weighted by Crippen LogP contribution is -2.38. The molecule has 0 radical (unpaired) electrons. The highest BCUT2D eigenvalue weighted by Gasteiger charge is 2.46. The molecule has 118 valence electrons. The summed E-state index contributed by atoms with van der Waals surface area (Å²) >= 11 is 0. The van der Waals surface area contributed by atoms with E-state index in [-0.39, 0.29) is 23.4 Å². The van der Waals surface area contributed by atoms with Gasteiger partial charge in [-0.25, -0.2) is 0 Å². The van der Waals surface area contributed by atoms with Crippen molar-refractivity contribution in [1.29, 1.82) is 0 Å². The van der Waals surface area contributed by atoms with Crippen molar-refractivity contribution in [1.82, 2.24) is 9.47 Å². The van der Waals surface area contributed by atoms with E-state index < -0.39 is 0 Å². The lowest BCUT2D eigenvalue weighted by molar-refractivity contribution is -0.131. The molecule has 23 heavy (non-hydrogen) atoms. The fourth-order valence-electron chi connectivity index (χ4n) is 3.58. The van der Waals surface area contributed by atoms with Gasteiger partial charge in [0.05, 0.1) is 12.0 Å². The third-order valence-corrected chi connectivity index (χ3v) is 4.87. The molecule has 1 aromatic heterocycles. The Bertz CT molecular complexity index is 814. The number of amides is 1. The molecule has 5 nitrogen and oxygen atoms in total. The van der Waals surface area contributed by atoms with Gasteiger partial charge < -0.3 is 14.2 Å². The van der Waals surface area contributed by atoms with E-state index in [2.05, 4.69) is 6.07 Å². The van der Waals surface area contributed by atoms with Gasteiger partial charge in [-0.3, -0.25) is 9.59 Å². The summed E-state index contributed by atoms with van der Waals surface area (Å²) in [4.78, 5) is 26.2. The lowest BCUT2D eigenvalue weighted by Gasteiger charge is -2.23. The molecule has 4 rings (SSSR count). The van der Waals surface area contributed by atoms with E-state index in [4.69, 9.17) is 4.74 Å². The zero-order valence-corrected chi connectivity index (χ0v) is 12.8. The summed E-state index contributed by atoms with van der Waals surface area (Å²) in [7, 11) is 0. The molecule has 1 saturated heterocycles. The van der Waals surface area contributed by atoms with Crippen molar-refractivity contribution in [3.8, 4) is 5.75 Å². The molecule has 0 bridgehead atoms. The van der Waals surface area contributed by atoms with Gasteiger partial charge in [0.25, 0.3) is 5.56 Å². The number of rotatable bonds is 2. The van der Waals surface area contributed by atoms with Gasteiger partial charge in [-0.1, -0.05) is 24.3 Å². The molecule has 2 aliphatic heterocycles. The Morgan fingerprint density at radius 1 is 1.17 bits per heavy atom. The molecule has 0 saturated carbocycles. The third kappa shape index (κ3) is 2.32.